The van der Waals surface area contributed by atoms with E-state index in [-0.39, 0.29) is 23.2 Å². The second-order valence-electron chi connectivity index (χ2n) is 4.73. The number of carbonyl (C=O) groups is 2. The van der Waals surface area contributed by atoms with Crippen LogP contribution in [0, 0.1) is 5.92 Å². The van der Waals surface area contributed by atoms with Crippen LogP contribution < -0.4 is 0 Å². The molecule has 0 aromatic heterocycles. The van der Waals surface area contributed by atoms with Crippen LogP contribution in [0.15, 0.2) is 29.2 Å². The first-order valence-corrected chi connectivity index (χ1v) is 8.12. The zero-order valence-corrected chi connectivity index (χ0v) is 12.0. The number of hydrogen-bond acceptors (Lipinski definition) is 5. The van der Waals surface area contributed by atoms with Crippen molar-refractivity contribution in [2.45, 2.75) is 24.7 Å². The molecule has 0 spiro atoms. The molecule has 5 nitrogen and oxygen atoms in total. The first-order valence-electron chi connectivity index (χ1n) is 6.46. The molecule has 108 valence electrons. The summed E-state index contributed by atoms with van der Waals surface area (Å²) in [5, 5.41) is 0. The fourth-order valence-corrected chi connectivity index (χ4v) is 2.96. The van der Waals surface area contributed by atoms with Crippen LogP contribution in [0.3, 0.4) is 0 Å². The quantitative estimate of drug-likeness (QED) is 0.589. The van der Waals surface area contributed by atoms with Gasteiger partial charge in [0.1, 0.15) is 0 Å². The van der Waals surface area contributed by atoms with Crippen molar-refractivity contribution in [3.8, 4) is 0 Å². The van der Waals surface area contributed by atoms with E-state index in [0.29, 0.717) is 5.56 Å². The van der Waals surface area contributed by atoms with Crippen molar-refractivity contribution in [3.05, 3.63) is 29.8 Å². The summed E-state index contributed by atoms with van der Waals surface area (Å²) < 4.78 is 28.5. The maximum Gasteiger partial charge on any atom is 0.321 e. The molecule has 1 saturated carbocycles. The van der Waals surface area contributed by atoms with Gasteiger partial charge in [0.2, 0.25) is 0 Å². The molecule has 20 heavy (non-hydrogen) atoms. The minimum Gasteiger partial charge on any atom is -0.465 e. The zero-order chi connectivity index (χ0) is 14.8. The average Bonchev–Trinajstić information content (AvgIpc) is 3.22. The molecule has 0 heterocycles. The molecule has 6 heteroatoms. The summed E-state index contributed by atoms with van der Waals surface area (Å²) in [6.07, 6.45) is 1.81. The van der Waals surface area contributed by atoms with Crippen molar-refractivity contribution in [2.75, 3.05) is 12.4 Å². The Morgan fingerprint density at radius 1 is 1.20 bits per heavy atom. The van der Waals surface area contributed by atoms with Crippen LogP contribution in [0.25, 0.3) is 0 Å². The van der Waals surface area contributed by atoms with Gasteiger partial charge in [-0.2, -0.15) is 0 Å². The molecule has 0 N–H and O–H groups in total. The van der Waals surface area contributed by atoms with Crippen molar-refractivity contribution in [1.82, 2.24) is 0 Å². The molecule has 0 amide bonds. The van der Waals surface area contributed by atoms with Gasteiger partial charge in [0.15, 0.2) is 21.4 Å². The largest absolute Gasteiger partial charge is 0.465 e. The van der Waals surface area contributed by atoms with Crippen LogP contribution in [0.2, 0.25) is 0 Å². The second kappa shape index (κ2) is 5.75. The van der Waals surface area contributed by atoms with Gasteiger partial charge in [-0.3, -0.25) is 9.59 Å². The van der Waals surface area contributed by atoms with Crippen molar-refractivity contribution < 1.29 is 22.7 Å². The third kappa shape index (κ3) is 3.45. The highest BCUT2D eigenvalue weighted by atomic mass is 32.2. The van der Waals surface area contributed by atoms with Gasteiger partial charge in [-0.05, 0) is 31.9 Å². The summed E-state index contributed by atoms with van der Waals surface area (Å²) in [5.41, 5.74) is 0.516. The lowest BCUT2D eigenvalue weighted by molar-refractivity contribution is -0.139. The van der Waals surface area contributed by atoms with Crippen molar-refractivity contribution in [1.29, 1.82) is 0 Å². The molecule has 0 saturated heterocycles. The number of esters is 1. The highest BCUT2D eigenvalue weighted by Crippen LogP contribution is 2.32. The maximum absolute atomic E-state index is 12.0. The minimum atomic E-state index is -3.71. The number of rotatable bonds is 6. The van der Waals surface area contributed by atoms with Crippen LogP contribution in [0.5, 0.6) is 0 Å². The molecule has 1 aliphatic carbocycles. The lowest BCUT2D eigenvalue weighted by atomic mass is 10.1. The predicted octanol–water partition coefficient (Wildman–Crippen LogP) is 1.62. The number of Topliss-reactive ketones (excluding diaryl/α,β-unsaturated/α-hetero) is 1. The van der Waals surface area contributed by atoms with E-state index in [1.807, 2.05) is 0 Å². The van der Waals surface area contributed by atoms with E-state index < -0.39 is 21.6 Å². The fraction of sp³-hybridized carbons (Fsp3) is 0.429. The zero-order valence-electron chi connectivity index (χ0n) is 11.2. The molecular weight excluding hydrogens is 280 g/mol. The topological polar surface area (TPSA) is 77.5 Å². The molecule has 0 atom stereocenters. The first-order chi connectivity index (χ1) is 9.44. The molecule has 0 bridgehead atoms. The van der Waals surface area contributed by atoms with Crippen LogP contribution in [-0.2, 0) is 19.4 Å². The first kappa shape index (κ1) is 14.7. The van der Waals surface area contributed by atoms with E-state index in [4.69, 9.17) is 0 Å². The van der Waals surface area contributed by atoms with E-state index in [0.717, 1.165) is 12.8 Å². The smallest absolute Gasteiger partial charge is 0.321 e. The number of sulfone groups is 1. The van der Waals surface area contributed by atoms with Crippen molar-refractivity contribution in [3.63, 3.8) is 0 Å². The summed E-state index contributed by atoms with van der Waals surface area (Å²) >= 11 is 0. The van der Waals surface area contributed by atoms with E-state index in [1.165, 1.54) is 24.3 Å². The lowest BCUT2D eigenvalue weighted by Gasteiger charge is -2.05. The van der Waals surface area contributed by atoms with Gasteiger partial charge in [-0.15, -0.1) is 0 Å². The molecule has 1 aromatic carbocycles. The van der Waals surface area contributed by atoms with Gasteiger partial charge in [-0.1, -0.05) is 12.1 Å². The summed E-state index contributed by atoms with van der Waals surface area (Å²) in [6.45, 7) is 1.76. The maximum atomic E-state index is 12.0. The molecular formula is C14H16O5S. The highest BCUT2D eigenvalue weighted by Gasteiger charge is 2.30. The van der Waals surface area contributed by atoms with Gasteiger partial charge in [0.05, 0.1) is 11.5 Å². The number of hydrogen-bond donors (Lipinski definition) is 0. The molecule has 1 fully saturated rings. The Kier molecular flexibility index (Phi) is 4.23. The summed E-state index contributed by atoms with van der Waals surface area (Å²) in [4.78, 5) is 23.1. The highest BCUT2D eigenvalue weighted by molar-refractivity contribution is 7.92. The molecule has 0 radical (unpaired) electrons. The van der Waals surface area contributed by atoms with Gasteiger partial charge in [0.25, 0.3) is 0 Å². The van der Waals surface area contributed by atoms with Gasteiger partial charge in [-0.25, -0.2) is 8.42 Å². The average molecular weight is 296 g/mol. The molecule has 0 aliphatic heterocycles. The number of carbonyl (C=O) groups excluding carboxylic acids is 2. The van der Waals surface area contributed by atoms with Crippen molar-refractivity contribution >= 4 is 21.6 Å². The summed E-state index contributed by atoms with van der Waals surface area (Å²) in [6, 6.07) is 5.73. The van der Waals surface area contributed by atoms with Gasteiger partial charge in [0, 0.05) is 11.5 Å². The summed E-state index contributed by atoms with van der Waals surface area (Å²) in [5.74, 6) is -1.31. The SMILES string of the molecule is CCOC(=O)CS(=O)(=O)c1ccc(C(=O)C2CC2)cc1. The van der Waals surface area contributed by atoms with E-state index in [1.54, 1.807) is 6.92 Å². The summed E-state index contributed by atoms with van der Waals surface area (Å²) in [7, 11) is -3.71. The number of benzene rings is 1. The standard InChI is InChI=1S/C14H16O5S/c1-2-19-13(15)9-20(17,18)12-7-5-11(6-8-12)14(16)10-3-4-10/h5-8,10H,2-4,9H2,1H3. The Morgan fingerprint density at radius 3 is 2.30 bits per heavy atom. The van der Waals surface area contributed by atoms with E-state index >= 15 is 0 Å². The van der Waals surface area contributed by atoms with Crippen LogP contribution in [-0.4, -0.2) is 32.5 Å². The lowest BCUT2D eigenvalue weighted by Crippen LogP contribution is -2.18. The molecule has 1 aliphatic rings. The Balaban J connectivity index is 2.12. The molecule has 0 unspecified atom stereocenters. The predicted molar refractivity (Wildman–Crippen MR) is 72.2 cm³/mol. The third-order valence-corrected chi connectivity index (χ3v) is 4.67. The number of ketones is 1. The molecule has 1 aromatic rings. The van der Waals surface area contributed by atoms with Crippen LogP contribution in [0.4, 0.5) is 0 Å². The molecule has 2 rings (SSSR count). The monoisotopic (exact) mass is 296 g/mol. The Labute approximate surface area is 117 Å². The van der Waals surface area contributed by atoms with Gasteiger partial charge < -0.3 is 4.74 Å². The second-order valence-corrected chi connectivity index (χ2v) is 6.72. The van der Waals surface area contributed by atoms with E-state index in [9.17, 15) is 18.0 Å². The van der Waals surface area contributed by atoms with Crippen molar-refractivity contribution in [2.24, 2.45) is 5.92 Å². The van der Waals surface area contributed by atoms with Crippen LogP contribution >= 0.6 is 0 Å². The minimum absolute atomic E-state index is 0.0258. The fourth-order valence-electron chi connectivity index (χ4n) is 1.85. The Morgan fingerprint density at radius 2 is 1.80 bits per heavy atom. The Bertz CT molecular complexity index is 611. The Hall–Kier alpha value is -1.69. The van der Waals surface area contributed by atoms with E-state index in [2.05, 4.69) is 4.74 Å². The third-order valence-electron chi connectivity index (χ3n) is 3.06. The normalized spacial score (nSPS) is 14.8. The van der Waals surface area contributed by atoms with Crippen LogP contribution in [0.1, 0.15) is 30.1 Å². The number of ether oxygens (including phenoxy) is 1. The van der Waals surface area contributed by atoms with Gasteiger partial charge >= 0.3 is 5.97 Å².